The highest BCUT2D eigenvalue weighted by Gasteiger charge is 2.20. The first kappa shape index (κ1) is 14.1. The van der Waals surface area contributed by atoms with E-state index in [9.17, 15) is 14.4 Å². The molecule has 0 fully saturated rings. The Morgan fingerprint density at radius 3 is 2.44 bits per heavy atom. The summed E-state index contributed by atoms with van der Waals surface area (Å²) in [7, 11) is 0. The summed E-state index contributed by atoms with van der Waals surface area (Å²) in [6.45, 7) is -1.06. The van der Waals surface area contributed by atoms with Gasteiger partial charge in [0.2, 0.25) is 5.91 Å². The summed E-state index contributed by atoms with van der Waals surface area (Å²) < 4.78 is 0.540. The fraction of sp³-hybridized carbons (Fsp3) is 0.200. The molecule has 1 aromatic heterocycles. The van der Waals surface area contributed by atoms with Crippen LogP contribution in [-0.2, 0) is 9.59 Å². The molecule has 0 bridgehead atoms. The minimum Gasteiger partial charge on any atom is -0.480 e. The van der Waals surface area contributed by atoms with Crippen LogP contribution in [-0.4, -0.2) is 45.9 Å². The maximum atomic E-state index is 11.9. The molecule has 0 atom stereocenters. The maximum Gasteiger partial charge on any atom is 0.323 e. The Hall–Kier alpha value is -1.96. The molecule has 0 unspecified atom stereocenters. The number of nitrogens with zero attached hydrogens (tertiary/aromatic N) is 2. The quantitative estimate of drug-likeness (QED) is 0.734. The number of pyridine rings is 1. The van der Waals surface area contributed by atoms with E-state index in [1.165, 1.54) is 18.3 Å². The van der Waals surface area contributed by atoms with Crippen molar-refractivity contribution in [2.45, 2.75) is 0 Å². The predicted molar refractivity (Wildman–Crippen MR) is 64.7 cm³/mol. The number of carboxylic acid groups (broad SMARTS) is 1. The molecule has 96 valence electrons. The number of nitrogens with two attached hydrogens (primary N) is 1. The van der Waals surface area contributed by atoms with Gasteiger partial charge in [-0.3, -0.25) is 14.4 Å². The van der Waals surface area contributed by atoms with E-state index in [1.54, 1.807) is 0 Å². The standard InChI is InChI=1S/C10H10BrN3O4/c11-7-2-1-6(3-13-7)10(18)14(4-8(12)15)5-9(16)17/h1-3H,4-5H2,(H2,12,15)(H,16,17). The normalized spacial score (nSPS) is 9.83. The van der Waals surface area contributed by atoms with E-state index in [1.807, 2.05) is 0 Å². The third-order valence-corrected chi connectivity index (χ3v) is 2.40. The molecule has 3 N–H and O–H groups in total. The molecule has 0 saturated heterocycles. The van der Waals surface area contributed by atoms with Crippen molar-refractivity contribution in [3.05, 3.63) is 28.5 Å². The molecule has 0 aliphatic rings. The number of halogens is 1. The molecule has 0 aliphatic heterocycles. The molecule has 0 aromatic carbocycles. The molecule has 0 aliphatic carbocycles. The van der Waals surface area contributed by atoms with Crippen molar-refractivity contribution in [3.63, 3.8) is 0 Å². The predicted octanol–water partition coefficient (Wildman–Crippen LogP) is -0.144. The van der Waals surface area contributed by atoms with Crippen molar-refractivity contribution in [3.8, 4) is 0 Å². The monoisotopic (exact) mass is 315 g/mol. The van der Waals surface area contributed by atoms with E-state index in [0.717, 1.165) is 4.90 Å². The first-order valence-corrected chi connectivity index (χ1v) is 5.60. The second kappa shape index (κ2) is 6.10. The number of amides is 2. The van der Waals surface area contributed by atoms with Gasteiger partial charge in [0.05, 0.1) is 5.56 Å². The van der Waals surface area contributed by atoms with Crippen LogP contribution in [0.5, 0.6) is 0 Å². The lowest BCUT2D eigenvalue weighted by molar-refractivity contribution is -0.138. The lowest BCUT2D eigenvalue weighted by atomic mass is 10.2. The Kier molecular flexibility index (Phi) is 4.78. The van der Waals surface area contributed by atoms with Crippen LogP contribution < -0.4 is 5.73 Å². The summed E-state index contributed by atoms with van der Waals surface area (Å²) in [6, 6.07) is 3.01. The summed E-state index contributed by atoms with van der Waals surface area (Å²) in [5.41, 5.74) is 5.14. The lowest BCUT2D eigenvalue weighted by Crippen LogP contribution is -2.41. The zero-order chi connectivity index (χ0) is 13.7. The molecule has 1 heterocycles. The van der Waals surface area contributed by atoms with Crippen LogP contribution in [0.15, 0.2) is 22.9 Å². The van der Waals surface area contributed by atoms with Crippen molar-refractivity contribution < 1.29 is 19.5 Å². The second-order valence-electron chi connectivity index (χ2n) is 3.39. The van der Waals surface area contributed by atoms with Crippen LogP contribution in [0.4, 0.5) is 0 Å². The molecule has 0 spiro atoms. The molecular weight excluding hydrogens is 306 g/mol. The van der Waals surface area contributed by atoms with Crippen molar-refractivity contribution in [1.82, 2.24) is 9.88 Å². The third-order valence-electron chi connectivity index (χ3n) is 1.93. The van der Waals surface area contributed by atoms with Gasteiger partial charge in [0.25, 0.3) is 5.91 Å². The van der Waals surface area contributed by atoms with Gasteiger partial charge in [0.15, 0.2) is 0 Å². The third kappa shape index (κ3) is 4.13. The molecule has 7 nitrogen and oxygen atoms in total. The molecule has 0 saturated carbocycles. The van der Waals surface area contributed by atoms with Gasteiger partial charge >= 0.3 is 5.97 Å². The topological polar surface area (TPSA) is 114 Å². The van der Waals surface area contributed by atoms with Gasteiger partial charge in [-0.05, 0) is 28.1 Å². The van der Waals surface area contributed by atoms with Crippen LogP contribution in [0.2, 0.25) is 0 Å². The zero-order valence-electron chi connectivity index (χ0n) is 9.17. The van der Waals surface area contributed by atoms with Gasteiger partial charge in [0, 0.05) is 6.20 Å². The average molecular weight is 316 g/mol. The van der Waals surface area contributed by atoms with E-state index in [0.29, 0.717) is 4.60 Å². The summed E-state index contributed by atoms with van der Waals surface area (Å²) in [6.07, 6.45) is 1.28. The number of carbonyl (C=O) groups excluding carboxylic acids is 2. The number of primary amides is 1. The van der Waals surface area contributed by atoms with E-state index >= 15 is 0 Å². The number of rotatable bonds is 5. The fourth-order valence-electron chi connectivity index (χ4n) is 1.24. The Balaban J connectivity index is 2.90. The number of hydrogen-bond donors (Lipinski definition) is 2. The minimum atomic E-state index is -1.23. The Labute approximate surface area is 111 Å². The maximum absolute atomic E-state index is 11.9. The van der Waals surface area contributed by atoms with E-state index in [-0.39, 0.29) is 5.56 Å². The zero-order valence-corrected chi connectivity index (χ0v) is 10.8. The highest BCUT2D eigenvalue weighted by atomic mass is 79.9. The Morgan fingerprint density at radius 2 is 2.00 bits per heavy atom. The highest BCUT2D eigenvalue weighted by Crippen LogP contribution is 2.08. The van der Waals surface area contributed by atoms with Gasteiger partial charge in [-0.25, -0.2) is 4.98 Å². The molecule has 8 heteroatoms. The summed E-state index contributed by atoms with van der Waals surface area (Å²) >= 11 is 3.11. The molecule has 18 heavy (non-hydrogen) atoms. The molecular formula is C10H10BrN3O4. The molecule has 1 rings (SSSR count). The number of aliphatic carboxylic acids is 1. The summed E-state index contributed by atoms with van der Waals surface area (Å²) in [4.78, 5) is 38.0. The van der Waals surface area contributed by atoms with Gasteiger partial charge < -0.3 is 15.7 Å². The molecule has 0 radical (unpaired) electrons. The first-order valence-electron chi connectivity index (χ1n) is 4.81. The van der Waals surface area contributed by atoms with E-state index < -0.39 is 30.9 Å². The number of aromatic nitrogens is 1. The Bertz CT molecular complexity index is 459. The lowest BCUT2D eigenvalue weighted by Gasteiger charge is -2.18. The van der Waals surface area contributed by atoms with Crippen molar-refractivity contribution >= 4 is 33.7 Å². The number of hydrogen-bond acceptors (Lipinski definition) is 4. The van der Waals surface area contributed by atoms with Crippen LogP contribution in [0.25, 0.3) is 0 Å². The van der Waals surface area contributed by atoms with Crippen LogP contribution in [0.3, 0.4) is 0 Å². The second-order valence-corrected chi connectivity index (χ2v) is 4.20. The van der Waals surface area contributed by atoms with Crippen molar-refractivity contribution in [1.29, 1.82) is 0 Å². The summed E-state index contributed by atoms with van der Waals surface area (Å²) in [5, 5.41) is 8.67. The Morgan fingerprint density at radius 1 is 1.33 bits per heavy atom. The minimum absolute atomic E-state index is 0.181. The van der Waals surface area contributed by atoms with E-state index in [4.69, 9.17) is 10.8 Å². The van der Waals surface area contributed by atoms with Crippen LogP contribution in [0, 0.1) is 0 Å². The van der Waals surface area contributed by atoms with Crippen LogP contribution >= 0.6 is 15.9 Å². The van der Waals surface area contributed by atoms with Gasteiger partial charge in [-0.2, -0.15) is 0 Å². The molecule has 1 aromatic rings. The number of carboxylic acids is 1. The van der Waals surface area contributed by atoms with E-state index in [2.05, 4.69) is 20.9 Å². The van der Waals surface area contributed by atoms with Gasteiger partial charge in [0.1, 0.15) is 17.7 Å². The van der Waals surface area contributed by atoms with Crippen molar-refractivity contribution in [2.24, 2.45) is 5.73 Å². The fourth-order valence-corrected chi connectivity index (χ4v) is 1.47. The van der Waals surface area contributed by atoms with Gasteiger partial charge in [-0.15, -0.1) is 0 Å². The summed E-state index contributed by atoms with van der Waals surface area (Å²) in [5.74, 6) is -2.62. The SMILES string of the molecule is NC(=O)CN(CC(=O)O)C(=O)c1ccc(Br)nc1. The molecule has 2 amide bonds. The largest absolute Gasteiger partial charge is 0.480 e. The number of carbonyl (C=O) groups is 3. The van der Waals surface area contributed by atoms with Gasteiger partial charge in [-0.1, -0.05) is 0 Å². The van der Waals surface area contributed by atoms with Crippen molar-refractivity contribution in [2.75, 3.05) is 13.1 Å². The smallest absolute Gasteiger partial charge is 0.323 e. The average Bonchev–Trinajstić information content (AvgIpc) is 2.27. The van der Waals surface area contributed by atoms with Crippen LogP contribution in [0.1, 0.15) is 10.4 Å². The highest BCUT2D eigenvalue weighted by molar-refractivity contribution is 9.10. The first-order chi connectivity index (χ1) is 8.40.